The van der Waals surface area contributed by atoms with Gasteiger partial charge in [0, 0.05) is 58.1 Å². The Kier molecular flexibility index (Phi) is 10.0. The quantitative estimate of drug-likeness (QED) is 0.409. The van der Waals surface area contributed by atoms with Crippen molar-refractivity contribution in [1.29, 1.82) is 0 Å². The van der Waals surface area contributed by atoms with E-state index in [0.717, 1.165) is 56.1 Å². The van der Waals surface area contributed by atoms with Crippen LogP contribution in [0.2, 0.25) is 0 Å². The summed E-state index contributed by atoms with van der Waals surface area (Å²) in [5.74, 6) is -0.619. The van der Waals surface area contributed by atoms with Gasteiger partial charge in [0.25, 0.3) is 0 Å². The Hall–Kier alpha value is -1.29. The van der Waals surface area contributed by atoms with Crippen LogP contribution in [0.3, 0.4) is 0 Å². The second kappa shape index (κ2) is 14.3. The van der Waals surface area contributed by atoms with Gasteiger partial charge in [-0.2, -0.15) is 0 Å². The molecule has 0 aromatic rings. The van der Waals surface area contributed by atoms with Gasteiger partial charge in [-0.1, -0.05) is 20.1 Å². The third-order valence-corrected chi connectivity index (χ3v) is 14.0. The molecule has 10 heterocycles. The second-order valence-corrected chi connectivity index (χ2v) is 17.4. The molecule has 0 amide bonds. The molecule has 290 valence electrons. The number of Topliss-reactive ketones (excluding diaryl/α,β-unsaturated/α-hetero) is 1. The summed E-state index contributed by atoms with van der Waals surface area (Å²) in [5.41, 5.74) is 8.01. The minimum atomic E-state index is -0.780. The summed E-state index contributed by atoms with van der Waals surface area (Å²) < 4.78 is 60.0. The van der Waals surface area contributed by atoms with Crippen LogP contribution in [0.25, 0.3) is 0 Å². The van der Waals surface area contributed by atoms with Gasteiger partial charge in [-0.05, 0) is 62.0 Å². The number of fused-ring (bicyclic) bond motifs is 6. The molecule has 10 saturated heterocycles. The third kappa shape index (κ3) is 6.59. The van der Waals surface area contributed by atoms with Crippen molar-refractivity contribution in [3.63, 3.8) is 0 Å². The average molecular weight is 730 g/mol. The minimum Gasteiger partial charge on any atom is -0.392 e. The largest absolute Gasteiger partial charge is 0.392 e. The number of methoxy groups -OCH3 is 1. The zero-order valence-corrected chi connectivity index (χ0v) is 30.8. The molecule has 10 aliphatic heterocycles. The Morgan fingerprint density at radius 1 is 0.808 bits per heavy atom. The van der Waals surface area contributed by atoms with Gasteiger partial charge in [0.15, 0.2) is 5.79 Å². The number of carbonyl (C=O) groups excluding carboxylic acids is 1. The van der Waals surface area contributed by atoms with Gasteiger partial charge in [-0.15, -0.1) is 0 Å². The number of rotatable bonds is 4. The topological polar surface area (TPSA) is 146 Å². The molecule has 14 unspecified atom stereocenters. The number of carbonyl (C=O) groups is 1. The first kappa shape index (κ1) is 36.4. The number of nitrogens with two attached hydrogens (primary N) is 1. The lowest BCUT2D eigenvalue weighted by Gasteiger charge is -2.47. The monoisotopic (exact) mass is 729 g/mol. The first-order chi connectivity index (χ1) is 25.1. The lowest BCUT2D eigenvalue weighted by atomic mass is 9.81. The van der Waals surface area contributed by atoms with E-state index in [0.29, 0.717) is 25.7 Å². The lowest BCUT2D eigenvalue weighted by Crippen LogP contribution is -2.61. The predicted octanol–water partition coefficient (Wildman–Crippen LogP) is 3.44. The van der Waals surface area contributed by atoms with Gasteiger partial charge in [0.05, 0.1) is 67.1 Å². The maximum atomic E-state index is 14.1. The van der Waals surface area contributed by atoms with Crippen molar-refractivity contribution in [2.45, 2.75) is 194 Å². The van der Waals surface area contributed by atoms with Crippen LogP contribution in [-0.2, 0) is 47.4 Å². The van der Waals surface area contributed by atoms with Crippen LogP contribution in [0.15, 0.2) is 24.3 Å². The Labute approximate surface area is 307 Å². The van der Waals surface area contributed by atoms with Crippen LogP contribution in [-0.4, -0.2) is 128 Å². The van der Waals surface area contributed by atoms with Crippen molar-refractivity contribution in [2.75, 3.05) is 13.7 Å². The van der Waals surface area contributed by atoms with Gasteiger partial charge in [-0.25, -0.2) is 0 Å². The Balaban J connectivity index is 0.994. The van der Waals surface area contributed by atoms with Gasteiger partial charge in [0.2, 0.25) is 0 Å². The van der Waals surface area contributed by atoms with Gasteiger partial charge >= 0.3 is 0 Å². The molecule has 0 aromatic heterocycles. The molecule has 1 spiro atoms. The number of ether oxygens (including phenoxy) is 9. The van der Waals surface area contributed by atoms with Crippen LogP contribution < -0.4 is 5.73 Å². The molecule has 12 nitrogen and oxygen atoms in total. The Morgan fingerprint density at radius 3 is 2.38 bits per heavy atom. The van der Waals surface area contributed by atoms with E-state index in [4.69, 9.17) is 48.4 Å². The van der Waals surface area contributed by atoms with Crippen molar-refractivity contribution in [3.8, 4) is 0 Å². The highest BCUT2D eigenvalue weighted by atomic mass is 16.8. The summed E-state index contributed by atoms with van der Waals surface area (Å²) in [7, 11) is 1.66. The molecule has 10 aliphatic rings. The molecule has 12 bridgehead atoms. The molecule has 0 saturated carbocycles. The standard InChI is InChI=1S/C40H59NO11/c1-19-11-24-5-7-28-20(2)12-26(45-28)9-10-40-17-33-36(51-40)37-38(50-33)39(52-40)35-29(49-37)8-6-25(47-35)13-22(42)14-27-31(16-30(46-24)21(19)3)48-32(34(27)44-4)15-23(43)18-41/h19,23-39,43H,2-3,5-18,41H2,1,4H3/t19?,23?,24?,25?,26?,27?,28?,29?,30?,31-,32+,33?,34+,35-,36?,37-,38?,39?,40?/m0/s1. The number of aliphatic hydroxyl groups excluding tert-OH is 1. The third-order valence-electron chi connectivity index (χ3n) is 14.0. The van der Waals surface area contributed by atoms with E-state index in [-0.39, 0.29) is 122 Å². The normalized spacial score (nSPS) is 52.4. The highest BCUT2D eigenvalue weighted by molar-refractivity contribution is 5.79. The SMILES string of the molecule is C=C1CC2CCC34CC5OC6C(O3)[C@H]3OC(CCC3O[C@H]6C5O4)CC(=O)CC3[C@H](CC4OC(CCC1O2)CC(C)C4=C)O[C@H](CC(O)CN)[C@@H]3OC. The Bertz CT molecular complexity index is 1380. The van der Waals surface area contributed by atoms with Crippen LogP contribution >= 0.6 is 0 Å². The molecule has 10 fully saturated rings. The lowest BCUT2D eigenvalue weighted by molar-refractivity contribution is -0.292. The zero-order chi connectivity index (χ0) is 35.9. The van der Waals surface area contributed by atoms with E-state index in [1.807, 2.05) is 0 Å². The van der Waals surface area contributed by atoms with Crippen LogP contribution in [0.5, 0.6) is 0 Å². The van der Waals surface area contributed by atoms with Crippen LogP contribution in [0, 0.1) is 11.8 Å². The molecule has 0 aromatic carbocycles. The van der Waals surface area contributed by atoms with E-state index in [9.17, 15) is 9.90 Å². The van der Waals surface area contributed by atoms with Crippen molar-refractivity contribution >= 4 is 5.78 Å². The first-order valence-electron chi connectivity index (χ1n) is 20.2. The van der Waals surface area contributed by atoms with E-state index in [2.05, 4.69) is 20.1 Å². The summed E-state index contributed by atoms with van der Waals surface area (Å²) in [6.07, 6.45) is 4.85. The van der Waals surface area contributed by atoms with Crippen molar-refractivity contribution in [3.05, 3.63) is 24.3 Å². The van der Waals surface area contributed by atoms with Crippen molar-refractivity contribution < 1.29 is 52.5 Å². The summed E-state index contributed by atoms with van der Waals surface area (Å²) >= 11 is 0. The predicted molar refractivity (Wildman–Crippen MR) is 186 cm³/mol. The minimum absolute atomic E-state index is 0.0158. The molecule has 3 N–H and O–H groups in total. The summed E-state index contributed by atoms with van der Waals surface area (Å²) in [5, 5.41) is 10.5. The second-order valence-electron chi connectivity index (χ2n) is 17.4. The Morgan fingerprint density at radius 2 is 1.56 bits per heavy atom. The van der Waals surface area contributed by atoms with E-state index >= 15 is 0 Å². The van der Waals surface area contributed by atoms with Gasteiger partial charge in [-0.3, -0.25) is 4.79 Å². The first-order valence-corrected chi connectivity index (χ1v) is 20.2. The molecule has 0 radical (unpaired) electrons. The molecule has 19 atom stereocenters. The van der Waals surface area contributed by atoms with Crippen LogP contribution in [0.4, 0.5) is 0 Å². The number of ketones is 1. The van der Waals surface area contributed by atoms with Gasteiger partial charge < -0.3 is 53.5 Å². The zero-order valence-electron chi connectivity index (χ0n) is 30.8. The van der Waals surface area contributed by atoms with E-state index in [1.165, 1.54) is 0 Å². The summed E-state index contributed by atoms with van der Waals surface area (Å²) in [6.45, 7) is 11.3. The summed E-state index contributed by atoms with van der Waals surface area (Å²) in [6, 6.07) is 0. The highest BCUT2D eigenvalue weighted by Crippen LogP contribution is 2.54. The van der Waals surface area contributed by atoms with Gasteiger partial charge in [0.1, 0.15) is 36.3 Å². The maximum absolute atomic E-state index is 14.1. The van der Waals surface area contributed by atoms with Crippen molar-refractivity contribution in [2.24, 2.45) is 17.6 Å². The molecule has 0 aliphatic carbocycles. The van der Waals surface area contributed by atoms with Crippen molar-refractivity contribution in [1.82, 2.24) is 0 Å². The highest BCUT2D eigenvalue weighted by Gasteiger charge is 2.68. The fraction of sp³-hybridized carbons (Fsp3) is 0.875. The fourth-order valence-corrected chi connectivity index (χ4v) is 11.3. The maximum Gasteiger partial charge on any atom is 0.172 e. The fourth-order valence-electron chi connectivity index (χ4n) is 11.3. The average Bonchev–Trinajstić information content (AvgIpc) is 3.79. The van der Waals surface area contributed by atoms with E-state index in [1.54, 1.807) is 7.11 Å². The molecular weight excluding hydrogens is 670 g/mol. The molecule has 12 heteroatoms. The molecular formula is C40H59NO11. The van der Waals surface area contributed by atoms with E-state index < -0.39 is 18.0 Å². The number of hydrogen-bond acceptors (Lipinski definition) is 12. The molecule has 52 heavy (non-hydrogen) atoms. The number of hydrogen-bond donors (Lipinski definition) is 2. The summed E-state index contributed by atoms with van der Waals surface area (Å²) in [4.78, 5) is 14.1. The smallest absolute Gasteiger partial charge is 0.172 e. The van der Waals surface area contributed by atoms with Crippen LogP contribution in [0.1, 0.15) is 90.4 Å². The number of aliphatic hydroxyl groups is 1. The molecule has 10 rings (SSSR count).